The van der Waals surface area contributed by atoms with Gasteiger partial charge in [-0.15, -0.1) is 0 Å². The van der Waals surface area contributed by atoms with Crippen molar-refractivity contribution in [1.82, 2.24) is 9.88 Å². The number of amides is 1. The molecule has 25 heavy (non-hydrogen) atoms. The van der Waals surface area contributed by atoms with Gasteiger partial charge < -0.3 is 9.64 Å². The molecule has 0 radical (unpaired) electrons. The van der Waals surface area contributed by atoms with E-state index in [4.69, 9.17) is 4.74 Å². The van der Waals surface area contributed by atoms with E-state index in [9.17, 15) is 4.79 Å². The van der Waals surface area contributed by atoms with Gasteiger partial charge in [-0.2, -0.15) is 0 Å². The minimum absolute atomic E-state index is 0.158. The third-order valence-electron chi connectivity index (χ3n) is 4.60. The molecule has 1 saturated heterocycles. The molecule has 1 fully saturated rings. The Morgan fingerprint density at radius 3 is 2.36 bits per heavy atom. The maximum atomic E-state index is 11.6. The van der Waals surface area contributed by atoms with Crippen LogP contribution in [0.25, 0.3) is 11.1 Å². The fourth-order valence-electron chi connectivity index (χ4n) is 3.00. The van der Waals surface area contributed by atoms with Crippen LogP contribution in [0, 0.1) is 0 Å². The Kier molecular flexibility index (Phi) is 5.07. The number of carbonyl (C=O) groups excluding carboxylic acids is 1. The topological polar surface area (TPSA) is 42.4 Å². The van der Waals surface area contributed by atoms with Crippen LogP contribution >= 0.6 is 0 Å². The Hall–Kier alpha value is -2.36. The zero-order chi connectivity index (χ0) is 17.9. The van der Waals surface area contributed by atoms with Crippen LogP contribution in [0.5, 0.6) is 5.88 Å². The molecule has 1 amide bonds. The molecule has 1 aromatic heterocycles. The first-order chi connectivity index (χ1) is 11.9. The van der Waals surface area contributed by atoms with Gasteiger partial charge in [0.15, 0.2) is 0 Å². The summed E-state index contributed by atoms with van der Waals surface area (Å²) >= 11 is 0. The number of ether oxygens (including phenoxy) is 1. The second-order valence-corrected chi connectivity index (χ2v) is 7.55. The number of benzene rings is 1. The monoisotopic (exact) mass is 338 g/mol. The molecule has 0 spiro atoms. The van der Waals surface area contributed by atoms with Gasteiger partial charge in [-0.25, -0.2) is 4.98 Å². The lowest BCUT2D eigenvalue weighted by atomic mass is 9.86. The summed E-state index contributed by atoms with van der Waals surface area (Å²) in [6, 6.07) is 12.5. The minimum Gasteiger partial charge on any atom is -0.476 e. The van der Waals surface area contributed by atoms with Gasteiger partial charge in [-0.3, -0.25) is 4.79 Å². The number of aromatic nitrogens is 1. The minimum atomic E-state index is 0.158. The quantitative estimate of drug-likeness (QED) is 0.826. The molecule has 0 unspecified atom stereocenters. The third kappa shape index (κ3) is 4.38. The first-order valence-electron chi connectivity index (χ1n) is 8.91. The number of hydrogen-bond acceptors (Lipinski definition) is 3. The largest absolute Gasteiger partial charge is 0.476 e. The molecule has 2 aromatic rings. The lowest BCUT2D eigenvalue weighted by Crippen LogP contribution is -2.29. The highest BCUT2D eigenvalue weighted by atomic mass is 16.5. The fourth-order valence-corrected chi connectivity index (χ4v) is 3.00. The Morgan fingerprint density at radius 2 is 1.80 bits per heavy atom. The average molecular weight is 338 g/mol. The van der Waals surface area contributed by atoms with Crippen molar-refractivity contribution in [3.63, 3.8) is 0 Å². The van der Waals surface area contributed by atoms with Crippen molar-refractivity contribution in [3.8, 4) is 17.0 Å². The van der Waals surface area contributed by atoms with Gasteiger partial charge >= 0.3 is 0 Å². The summed E-state index contributed by atoms with van der Waals surface area (Å²) in [4.78, 5) is 17.8. The molecule has 0 saturated carbocycles. The van der Waals surface area contributed by atoms with Crippen molar-refractivity contribution < 1.29 is 9.53 Å². The zero-order valence-corrected chi connectivity index (χ0v) is 15.3. The molecule has 2 heterocycles. The summed E-state index contributed by atoms with van der Waals surface area (Å²) in [5, 5.41) is 0. The number of hydrogen-bond donors (Lipinski definition) is 0. The van der Waals surface area contributed by atoms with Crippen LogP contribution in [0.1, 0.15) is 39.2 Å². The summed E-state index contributed by atoms with van der Waals surface area (Å²) in [5.41, 5.74) is 3.70. The van der Waals surface area contributed by atoms with Crippen LogP contribution in [-0.2, 0) is 10.2 Å². The number of rotatable bonds is 5. The maximum absolute atomic E-state index is 11.6. The average Bonchev–Trinajstić information content (AvgIpc) is 3.00. The van der Waals surface area contributed by atoms with Crippen molar-refractivity contribution in [3.05, 3.63) is 48.2 Å². The predicted octanol–water partition coefficient (Wildman–Crippen LogP) is 4.05. The second kappa shape index (κ2) is 7.26. The molecule has 4 nitrogen and oxygen atoms in total. The van der Waals surface area contributed by atoms with E-state index in [1.807, 2.05) is 23.2 Å². The van der Waals surface area contributed by atoms with Gasteiger partial charge in [0.1, 0.15) is 6.61 Å². The SMILES string of the molecule is CC(C)(C)c1ccc(-c2ccc(OCCN3CCCC3=O)nc2)cc1. The Labute approximate surface area is 149 Å². The molecule has 3 rings (SSSR count). The van der Waals surface area contributed by atoms with Crippen LogP contribution in [0.3, 0.4) is 0 Å². The first-order valence-corrected chi connectivity index (χ1v) is 8.91. The van der Waals surface area contributed by atoms with Crippen molar-refractivity contribution in [2.75, 3.05) is 19.7 Å². The molecular formula is C21H26N2O2. The Balaban J connectivity index is 1.57. The van der Waals surface area contributed by atoms with E-state index in [1.165, 1.54) is 5.56 Å². The van der Waals surface area contributed by atoms with Gasteiger partial charge in [-0.05, 0) is 29.0 Å². The van der Waals surface area contributed by atoms with Crippen LogP contribution in [0.4, 0.5) is 0 Å². The number of likely N-dealkylation sites (tertiary alicyclic amines) is 1. The normalized spacial score (nSPS) is 14.8. The van der Waals surface area contributed by atoms with E-state index in [1.54, 1.807) is 0 Å². The summed E-state index contributed by atoms with van der Waals surface area (Å²) in [7, 11) is 0. The molecular weight excluding hydrogens is 312 g/mol. The van der Waals surface area contributed by atoms with Gasteiger partial charge in [0.05, 0.1) is 6.54 Å². The Bertz CT molecular complexity index is 715. The lowest BCUT2D eigenvalue weighted by Gasteiger charge is -2.19. The van der Waals surface area contributed by atoms with E-state index in [0.717, 1.165) is 24.1 Å². The number of nitrogens with zero attached hydrogens (tertiary/aromatic N) is 2. The van der Waals surface area contributed by atoms with Gasteiger partial charge in [-0.1, -0.05) is 45.0 Å². The number of carbonyl (C=O) groups is 1. The molecule has 1 aliphatic heterocycles. The maximum Gasteiger partial charge on any atom is 0.222 e. The third-order valence-corrected chi connectivity index (χ3v) is 4.60. The molecule has 0 bridgehead atoms. The van der Waals surface area contributed by atoms with E-state index >= 15 is 0 Å². The number of pyridine rings is 1. The molecule has 1 aliphatic rings. The molecule has 0 atom stereocenters. The first kappa shape index (κ1) is 17.5. The zero-order valence-electron chi connectivity index (χ0n) is 15.3. The van der Waals surface area contributed by atoms with E-state index < -0.39 is 0 Å². The van der Waals surface area contributed by atoms with Crippen LogP contribution < -0.4 is 4.74 Å². The van der Waals surface area contributed by atoms with Crippen molar-refractivity contribution in [1.29, 1.82) is 0 Å². The van der Waals surface area contributed by atoms with E-state index in [0.29, 0.717) is 25.5 Å². The molecule has 1 aromatic carbocycles. The van der Waals surface area contributed by atoms with Gasteiger partial charge in [0, 0.05) is 30.8 Å². The standard InChI is InChI=1S/C21H26N2O2/c1-21(2,3)18-9-6-16(7-10-18)17-8-11-19(22-15-17)25-14-13-23-12-4-5-20(23)24/h6-11,15H,4-5,12-14H2,1-3H3. The van der Waals surface area contributed by atoms with Crippen LogP contribution in [0.15, 0.2) is 42.6 Å². The highest BCUT2D eigenvalue weighted by Crippen LogP contribution is 2.26. The highest BCUT2D eigenvalue weighted by molar-refractivity contribution is 5.78. The Morgan fingerprint density at radius 1 is 1.08 bits per heavy atom. The summed E-state index contributed by atoms with van der Waals surface area (Å²) in [5.74, 6) is 0.826. The fraction of sp³-hybridized carbons (Fsp3) is 0.429. The van der Waals surface area contributed by atoms with Gasteiger partial charge in [0.2, 0.25) is 11.8 Å². The van der Waals surface area contributed by atoms with Gasteiger partial charge in [0.25, 0.3) is 0 Å². The lowest BCUT2D eigenvalue weighted by molar-refractivity contribution is -0.128. The molecule has 0 N–H and O–H groups in total. The second-order valence-electron chi connectivity index (χ2n) is 7.55. The van der Waals surface area contributed by atoms with Crippen LogP contribution in [-0.4, -0.2) is 35.5 Å². The predicted molar refractivity (Wildman–Crippen MR) is 99.7 cm³/mol. The van der Waals surface area contributed by atoms with Crippen LogP contribution in [0.2, 0.25) is 0 Å². The van der Waals surface area contributed by atoms with E-state index in [-0.39, 0.29) is 11.3 Å². The molecule has 4 heteroatoms. The summed E-state index contributed by atoms with van der Waals surface area (Å²) < 4.78 is 5.67. The van der Waals surface area contributed by atoms with Crippen molar-refractivity contribution in [2.24, 2.45) is 0 Å². The molecule has 0 aliphatic carbocycles. The smallest absolute Gasteiger partial charge is 0.222 e. The van der Waals surface area contributed by atoms with Crippen molar-refractivity contribution in [2.45, 2.75) is 39.0 Å². The molecule has 132 valence electrons. The summed E-state index contributed by atoms with van der Waals surface area (Å²) in [6.07, 6.45) is 3.46. The van der Waals surface area contributed by atoms with E-state index in [2.05, 4.69) is 50.0 Å². The van der Waals surface area contributed by atoms with Crippen molar-refractivity contribution >= 4 is 5.91 Å². The highest BCUT2D eigenvalue weighted by Gasteiger charge is 2.19. The summed E-state index contributed by atoms with van der Waals surface area (Å²) in [6.45, 7) is 8.61.